The van der Waals surface area contributed by atoms with Crippen molar-refractivity contribution in [2.45, 2.75) is 32.9 Å². The highest BCUT2D eigenvalue weighted by Gasteiger charge is 2.12. The predicted molar refractivity (Wildman–Crippen MR) is 84.3 cm³/mol. The summed E-state index contributed by atoms with van der Waals surface area (Å²) in [6.45, 7) is -0.748. The van der Waals surface area contributed by atoms with E-state index < -0.39 is 12.2 Å². The van der Waals surface area contributed by atoms with E-state index in [2.05, 4.69) is 4.98 Å². The average Bonchev–Trinajstić information content (AvgIpc) is 3.01. The molecular formula is C17H16F2N2O3. The Morgan fingerprint density at radius 2 is 2.17 bits per heavy atom. The molecule has 0 radical (unpaired) electrons. The fourth-order valence-electron chi connectivity index (χ4n) is 2.56. The van der Waals surface area contributed by atoms with Crippen molar-refractivity contribution in [3.8, 4) is 5.75 Å². The van der Waals surface area contributed by atoms with Crippen LogP contribution in [0.4, 0.5) is 8.78 Å². The minimum atomic E-state index is -2.67. The SMILES string of the molecule is CCCc1cc(=O)oc2cc(OCc3nccn3C(F)F)ccc12. The molecule has 3 rings (SSSR count). The number of aromatic nitrogens is 2. The lowest BCUT2D eigenvalue weighted by Crippen LogP contribution is -2.07. The Morgan fingerprint density at radius 3 is 2.92 bits per heavy atom. The van der Waals surface area contributed by atoms with Gasteiger partial charge in [0.1, 0.15) is 17.9 Å². The monoisotopic (exact) mass is 334 g/mol. The van der Waals surface area contributed by atoms with E-state index in [4.69, 9.17) is 9.15 Å². The normalized spacial score (nSPS) is 11.3. The van der Waals surface area contributed by atoms with E-state index in [0.29, 0.717) is 11.3 Å². The Bertz CT molecular complexity index is 902. The maximum atomic E-state index is 12.8. The summed E-state index contributed by atoms with van der Waals surface area (Å²) in [4.78, 5) is 15.5. The van der Waals surface area contributed by atoms with Crippen molar-refractivity contribution in [2.75, 3.05) is 0 Å². The summed E-state index contributed by atoms with van der Waals surface area (Å²) in [5.41, 5.74) is 0.917. The van der Waals surface area contributed by atoms with Gasteiger partial charge in [0.15, 0.2) is 5.82 Å². The highest BCUT2D eigenvalue weighted by molar-refractivity contribution is 5.81. The summed E-state index contributed by atoms with van der Waals surface area (Å²) in [5, 5.41) is 0.845. The number of aryl methyl sites for hydroxylation is 1. The van der Waals surface area contributed by atoms with Crippen molar-refractivity contribution in [3.63, 3.8) is 0 Å². The molecule has 0 spiro atoms. The zero-order valence-electron chi connectivity index (χ0n) is 13.0. The molecule has 0 atom stereocenters. The summed E-state index contributed by atoms with van der Waals surface area (Å²) in [7, 11) is 0. The highest BCUT2D eigenvalue weighted by Crippen LogP contribution is 2.24. The van der Waals surface area contributed by atoms with Crippen molar-refractivity contribution in [2.24, 2.45) is 0 Å². The largest absolute Gasteiger partial charge is 0.486 e. The van der Waals surface area contributed by atoms with Crippen LogP contribution in [0.2, 0.25) is 0 Å². The van der Waals surface area contributed by atoms with Crippen LogP contribution in [0, 0.1) is 0 Å². The van der Waals surface area contributed by atoms with Crippen molar-refractivity contribution >= 4 is 11.0 Å². The maximum Gasteiger partial charge on any atom is 0.336 e. The van der Waals surface area contributed by atoms with Gasteiger partial charge in [-0.3, -0.25) is 4.57 Å². The smallest absolute Gasteiger partial charge is 0.336 e. The van der Waals surface area contributed by atoms with Crippen LogP contribution < -0.4 is 10.4 Å². The van der Waals surface area contributed by atoms with E-state index >= 15 is 0 Å². The molecular weight excluding hydrogens is 318 g/mol. The lowest BCUT2D eigenvalue weighted by atomic mass is 10.1. The Morgan fingerprint density at radius 1 is 1.33 bits per heavy atom. The maximum absolute atomic E-state index is 12.8. The fourth-order valence-corrected chi connectivity index (χ4v) is 2.56. The molecule has 0 saturated carbocycles. The third-order valence-electron chi connectivity index (χ3n) is 3.65. The van der Waals surface area contributed by atoms with Gasteiger partial charge in [-0.25, -0.2) is 9.78 Å². The van der Waals surface area contributed by atoms with E-state index in [-0.39, 0.29) is 12.4 Å². The molecule has 0 saturated heterocycles. The number of rotatable bonds is 6. The topological polar surface area (TPSA) is 57.3 Å². The third kappa shape index (κ3) is 3.29. The van der Waals surface area contributed by atoms with Gasteiger partial charge in [0, 0.05) is 29.9 Å². The van der Waals surface area contributed by atoms with Crippen molar-refractivity contribution in [3.05, 3.63) is 58.5 Å². The van der Waals surface area contributed by atoms with Crippen molar-refractivity contribution in [1.82, 2.24) is 9.55 Å². The van der Waals surface area contributed by atoms with Gasteiger partial charge in [0.25, 0.3) is 0 Å². The number of hydrogen-bond donors (Lipinski definition) is 0. The van der Waals surface area contributed by atoms with Crippen molar-refractivity contribution < 1.29 is 17.9 Å². The summed E-state index contributed by atoms with van der Waals surface area (Å²) >= 11 is 0. The van der Waals surface area contributed by atoms with Crippen LogP contribution in [0.3, 0.4) is 0 Å². The molecule has 0 amide bonds. The summed E-state index contributed by atoms with van der Waals surface area (Å²) in [5.74, 6) is 0.536. The second-order valence-electron chi connectivity index (χ2n) is 5.32. The lowest BCUT2D eigenvalue weighted by Gasteiger charge is -2.10. The molecule has 0 aliphatic carbocycles. The van der Waals surface area contributed by atoms with E-state index in [1.165, 1.54) is 18.5 Å². The van der Waals surface area contributed by atoms with Gasteiger partial charge in [-0.2, -0.15) is 8.78 Å². The van der Waals surface area contributed by atoms with Gasteiger partial charge < -0.3 is 9.15 Å². The minimum Gasteiger partial charge on any atom is -0.486 e. The Labute approximate surface area is 136 Å². The first-order valence-electron chi connectivity index (χ1n) is 7.58. The van der Waals surface area contributed by atoms with Crippen molar-refractivity contribution in [1.29, 1.82) is 0 Å². The van der Waals surface area contributed by atoms with Crippen LogP contribution in [-0.2, 0) is 13.0 Å². The summed E-state index contributed by atoms with van der Waals surface area (Å²) < 4.78 is 37.0. The van der Waals surface area contributed by atoms with E-state index in [9.17, 15) is 13.6 Å². The average molecular weight is 334 g/mol. The molecule has 7 heteroatoms. The number of hydrogen-bond acceptors (Lipinski definition) is 4. The molecule has 0 aliphatic heterocycles. The van der Waals surface area contributed by atoms with Crippen LogP contribution in [0.5, 0.6) is 5.75 Å². The fraction of sp³-hybridized carbons (Fsp3) is 0.294. The number of fused-ring (bicyclic) bond motifs is 1. The number of imidazole rings is 1. The predicted octanol–water partition coefficient (Wildman–Crippen LogP) is 3.92. The van der Waals surface area contributed by atoms with Crippen LogP contribution in [0.1, 0.15) is 31.3 Å². The first-order valence-corrected chi connectivity index (χ1v) is 7.58. The van der Waals surface area contributed by atoms with E-state index in [1.54, 1.807) is 18.2 Å². The zero-order chi connectivity index (χ0) is 17.1. The molecule has 0 bridgehead atoms. The lowest BCUT2D eigenvalue weighted by molar-refractivity contribution is 0.0632. The quantitative estimate of drug-likeness (QED) is 0.641. The van der Waals surface area contributed by atoms with Crippen LogP contribution in [-0.4, -0.2) is 9.55 Å². The number of alkyl halides is 2. The standard InChI is InChI=1S/C17H16F2N2O3/c1-2-3-11-8-16(22)24-14-9-12(4-5-13(11)14)23-10-15-20-6-7-21(15)17(18)19/h4-9,17H,2-3,10H2,1H3. The van der Waals surface area contributed by atoms with Gasteiger partial charge in [0.2, 0.25) is 0 Å². The molecule has 1 aromatic carbocycles. The molecule has 24 heavy (non-hydrogen) atoms. The molecule has 0 aliphatic rings. The number of ether oxygens (including phenoxy) is 1. The number of nitrogens with zero attached hydrogens (tertiary/aromatic N) is 2. The Balaban J connectivity index is 1.85. The van der Waals surface area contributed by atoms with E-state index in [0.717, 1.165) is 28.4 Å². The molecule has 5 nitrogen and oxygen atoms in total. The van der Waals surface area contributed by atoms with Gasteiger partial charge in [-0.15, -0.1) is 0 Å². The van der Waals surface area contributed by atoms with Crippen LogP contribution in [0.15, 0.2) is 45.9 Å². The Kier molecular flexibility index (Phi) is 4.59. The number of halogens is 2. The summed E-state index contributed by atoms with van der Waals surface area (Å²) in [6, 6.07) is 6.60. The van der Waals surface area contributed by atoms with Gasteiger partial charge in [0.05, 0.1) is 0 Å². The zero-order valence-corrected chi connectivity index (χ0v) is 13.0. The second-order valence-corrected chi connectivity index (χ2v) is 5.32. The Hall–Kier alpha value is -2.70. The third-order valence-corrected chi connectivity index (χ3v) is 3.65. The molecule has 126 valence electrons. The minimum absolute atomic E-state index is 0.109. The van der Waals surface area contributed by atoms with Crippen LogP contribution >= 0.6 is 0 Å². The number of benzene rings is 1. The first-order chi connectivity index (χ1) is 11.6. The van der Waals surface area contributed by atoms with Crippen LogP contribution in [0.25, 0.3) is 11.0 Å². The van der Waals surface area contributed by atoms with Gasteiger partial charge in [-0.05, 0) is 24.1 Å². The molecule has 2 heterocycles. The molecule has 3 aromatic rings. The highest BCUT2D eigenvalue weighted by atomic mass is 19.3. The van der Waals surface area contributed by atoms with E-state index in [1.807, 2.05) is 6.92 Å². The first kappa shape index (κ1) is 16.2. The molecule has 0 unspecified atom stereocenters. The van der Waals surface area contributed by atoms with Gasteiger partial charge >= 0.3 is 12.2 Å². The summed E-state index contributed by atoms with van der Waals surface area (Å²) in [6.07, 6.45) is 4.17. The van der Waals surface area contributed by atoms with Gasteiger partial charge in [-0.1, -0.05) is 13.3 Å². The molecule has 0 N–H and O–H groups in total. The molecule has 2 aromatic heterocycles. The second kappa shape index (κ2) is 6.82. The molecule has 0 fully saturated rings.